The molecule has 1 aliphatic carbocycles. The summed E-state index contributed by atoms with van der Waals surface area (Å²) in [5, 5.41) is 2.94. The maximum Gasteiger partial charge on any atom is 0.299 e. The zero-order chi connectivity index (χ0) is 13.8. The average molecular weight is 265 g/mol. The maximum absolute atomic E-state index is 11.9. The number of hydrogen-bond donors (Lipinski definition) is 1. The first-order chi connectivity index (χ1) is 9.10. The number of methoxy groups -OCH3 is 1. The molecule has 6 heteroatoms. The number of nitrogens with zero attached hydrogens (tertiary/aromatic N) is 2. The number of nitrogens with one attached hydrogen (secondary N) is 1. The van der Waals surface area contributed by atoms with Gasteiger partial charge in [0.05, 0.1) is 7.11 Å². The van der Waals surface area contributed by atoms with Crippen molar-refractivity contribution >= 4 is 5.91 Å². The first-order valence-electron chi connectivity index (χ1n) is 6.52. The van der Waals surface area contributed by atoms with Crippen LogP contribution in [0.3, 0.4) is 0 Å². The van der Waals surface area contributed by atoms with Gasteiger partial charge in [0.2, 0.25) is 5.91 Å². The topological polar surface area (TPSA) is 73.2 Å². The molecule has 1 amide bonds. The summed E-state index contributed by atoms with van der Waals surface area (Å²) in [6, 6.07) is 1.81. The Morgan fingerprint density at radius 1 is 1.53 bits per heavy atom. The summed E-state index contributed by atoms with van der Waals surface area (Å²) in [4.78, 5) is 27.9. The van der Waals surface area contributed by atoms with Crippen LogP contribution in [0.1, 0.15) is 31.4 Å². The van der Waals surface area contributed by atoms with Gasteiger partial charge in [-0.2, -0.15) is 0 Å². The predicted octanol–water partition coefficient (Wildman–Crippen LogP) is 0.619. The highest BCUT2D eigenvalue weighted by molar-refractivity contribution is 5.76. The molecule has 0 aliphatic heterocycles. The molecule has 6 nitrogen and oxygen atoms in total. The van der Waals surface area contributed by atoms with Crippen LogP contribution in [0.15, 0.2) is 10.9 Å². The number of rotatable bonds is 4. The van der Waals surface area contributed by atoms with E-state index in [2.05, 4.69) is 10.3 Å². The van der Waals surface area contributed by atoms with Crippen molar-refractivity contribution in [1.29, 1.82) is 0 Å². The maximum atomic E-state index is 11.9. The van der Waals surface area contributed by atoms with Crippen molar-refractivity contribution in [3.63, 3.8) is 0 Å². The third-order valence-corrected chi connectivity index (χ3v) is 3.31. The molecule has 1 aromatic heterocycles. The largest absolute Gasteiger partial charge is 0.468 e. The second-order valence-electron chi connectivity index (χ2n) is 4.86. The number of carbonyl (C=O) groups excluding carboxylic acids is 1. The highest BCUT2D eigenvalue weighted by atomic mass is 16.5. The summed E-state index contributed by atoms with van der Waals surface area (Å²) in [6.45, 7) is 1.67. The molecule has 1 saturated carbocycles. The lowest BCUT2D eigenvalue weighted by molar-refractivity contribution is -0.122. The van der Waals surface area contributed by atoms with Gasteiger partial charge in [-0.25, -0.2) is 4.98 Å². The van der Waals surface area contributed by atoms with Crippen LogP contribution >= 0.6 is 0 Å². The lowest BCUT2D eigenvalue weighted by atomic mass is 10.2. The molecule has 0 spiro atoms. The van der Waals surface area contributed by atoms with Gasteiger partial charge in [0.15, 0.2) is 0 Å². The van der Waals surface area contributed by atoms with Crippen LogP contribution in [0.25, 0.3) is 0 Å². The minimum atomic E-state index is -0.272. The van der Waals surface area contributed by atoms with E-state index in [9.17, 15) is 9.59 Å². The molecule has 0 bridgehead atoms. The summed E-state index contributed by atoms with van der Waals surface area (Å²) in [6.07, 6.45) is 4.34. The molecule has 0 radical (unpaired) electrons. The summed E-state index contributed by atoms with van der Waals surface area (Å²) in [5.74, 6) is -0.169. The highest BCUT2D eigenvalue weighted by Crippen LogP contribution is 2.17. The first-order valence-corrected chi connectivity index (χ1v) is 6.52. The molecule has 0 unspecified atom stereocenters. The summed E-state index contributed by atoms with van der Waals surface area (Å²) < 4.78 is 6.30. The van der Waals surface area contributed by atoms with Gasteiger partial charge in [-0.05, 0) is 19.8 Å². The smallest absolute Gasteiger partial charge is 0.299 e. The van der Waals surface area contributed by atoms with Gasteiger partial charge < -0.3 is 10.1 Å². The van der Waals surface area contributed by atoms with E-state index in [0.29, 0.717) is 5.69 Å². The lowest BCUT2D eigenvalue weighted by Gasteiger charge is -2.14. The fourth-order valence-corrected chi connectivity index (χ4v) is 2.38. The van der Waals surface area contributed by atoms with Gasteiger partial charge >= 0.3 is 0 Å². The number of hydrogen-bond acceptors (Lipinski definition) is 4. The minimum Gasteiger partial charge on any atom is -0.468 e. The second-order valence-corrected chi connectivity index (χ2v) is 4.86. The van der Waals surface area contributed by atoms with Crippen molar-refractivity contribution in [2.45, 2.75) is 45.2 Å². The van der Waals surface area contributed by atoms with E-state index in [-0.39, 0.29) is 30.1 Å². The van der Waals surface area contributed by atoms with Gasteiger partial charge in [-0.3, -0.25) is 14.2 Å². The van der Waals surface area contributed by atoms with Crippen molar-refractivity contribution in [1.82, 2.24) is 14.9 Å². The molecule has 1 fully saturated rings. The predicted molar refractivity (Wildman–Crippen MR) is 70.2 cm³/mol. The Kier molecular flexibility index (Phi) is 4.19. The van der Waals surface area contributed by atoms with Gasteiger partial charge in [0.1, 0.15) is 6.54 Å². The summed E-state index contributed by atoms with van der Waals surface area (Å²) in [7, 11) is 1.44. The number of amides is 1. The van der Waals surface area contributed by atoms with Crippen LogP contribution in [0, 0.1) is 6.92 Å². The molecular formula is C13H19N3O3. The lowest BCUT2D eigenvalue weighted by Crippen LogP contribution is -2.38. The van der Waals surface area contributed by atoms with Gasteiger partial charge in [-0.15, -0.1) is 0 Å². The molecule has 2 rings (SSSR count). The zero-order valence-electron chi connectivity index (χ0n) is 11.3. The van der Waals surface area contributed by atoms with E-state index in [0.717, 1.165) is 25.7 Å². The number of ether oxygens (including phenoxy) is 1. The Labute approximate surface area is 111 Å². The third kappa shape index (κ3) is 3.33. The molecule has 1 aliphatic rings. The van der Waals surface area contributed by atoms with Crippen molar-refractivity contribution in [2.75, 3.05) is 7.11 Å². The molecule has 1 N–H and O–H groups in total. The average Bonchev–Trinajstić information content (AvgIpc) is 2.85. The minimum absolute atomic E-state index is 0.0498. The van der Waals surface area contributed by atoms with Crippen molar-refractivity contribution < 1.29 is 9.53 Å². The van der Waals surface area contributed by atoms with E-state index < -0.39 is 0 Å². The molecule has 0 saturated heterocycles. The molecular weight excluding hydrogens is 246 g/mol. The molecule has 0 aromatic carbocycles. The fraction of sp³-hybridized carbons (Fsp3) is 0.615. The standard InChI is InChI=1S/C13H19N3O3/c1-9-7-12(18)16(13(14-9)19-2)8-11(17)15-10-5-3-4-6-10/h7,10H,3-6,8H2,1-2H3,(H,15,17). The van der Waals surface area contributed by atoms with Gasteiger partial charge in [-0.1, -0.05) is 12.8 Å². The Morgan fingerprint density at radius 3 is 2.84 bits per heavy atom. The molecule has 1 heterocycles. The van der Waals surface area contributed by atoms with E-state index >= 15 is 0 Å². The van der Waals surface area contributed by atoms with Crippen LogP contribution < -0.4 is 15.6 Å². The van der Waals surface area contributed by atoms with E-state index in [1.54, 1.807) is 6.92 Å². The van der Waals surface area contributed by atoms with E-state index in [4.69, 9.17) is 4.74 Å². The normalized spacial score (nSPS) is 15.5. The number of aryl methyl sites for hydroxylation is 1. The zero-order valence-corrected chi connectivity index (χ0v) is 11.3. The molecule has 19 heavy (non-hydrogen) atoms. The summed E-state index contributed by atoms with van der Waals surface area (Å²) >= 11 is 0. The second kappa shape index (κ2) is 5.86. The Morgan fingerprint density at radius 2 is 2.21 bits per heavy atom. The van der Waals surface area contributed by atoms with Gasteiger partial charge in [0, 0.05) is 17.8 Å². The third-order valence-electron chi connectivity index (χ3n) is 3.31. The van der Waals surface area contributed by atoms with Crippen molar-refractivity contribution in [3.05, 3.63) is 22.1 Å². The van der Waals surface area contributed by atoms with E-state index in [1.807, 2.05) is 0 Å². The Hall–Kier alpha value is -1.85. The SMILES string of the molecule is COc1nc(C)cc(=O)n1CC(=O)NC1CCCC1. The molecule has 0 atom stereocenters. The first kappa shape index (κ1) is 13.6. The highest BCUT2D eigenvalue weighted by Gasteiger charge is 2.18. The number of carbonyl (C=O) groups is 1. The van der Waals surface area contributed by atoms with Crippen LogP contribution in [0.4, 0.5) is 0 Å². The Balaban J connectivity index is 2.09. The van der Waals surface area contributed by atoms with Crippen molar-refractivity contribution in [3.8, 4) is 6.01 Å². The summed E-state index contributed by atoms with van der Waals surface area (Å²) in [5.41, 5.74) is 0.306. The Bertz CT molecular complexity index is 518. The van der Waals surface area contributed by atoms with Crippen LogP contribution in [-0.2, 0) is 11.3 Å². The van der Waals surface area contributed by atoms with Crippen LogP contribution in [0.2, 0.25) is 0 Å². The van der Waals surface area contributed by atoms with Crippen molar-refractivity contribution in [2.24, 2.45) is 0 Å². The van der Waals surface area contributed by atoms with E-state index in [1.165, 1.54) is 17.7 Å². The number of aromatic nitrogens is 2. The quantitative estimate of drug-likeness (QED) is 0.866. The molecule has 104 valence electrons. The van der Waals surface area contributed by atoms with Gasteiger partial charge in [0.25, 0.3) is 11.6 Å². The molecule has 1 aromatic rings. The fourth-order valence-electron chi connectivity index (χ4n) is 2.38. The monoisotopic (exact) mass is 265 g/mol. The van der Waals surface area contributed by atoms with Crippen LogP contribution in [-0.4, -0.2) is 28.6 Å². The van der Waals surface area contributed by atoms with Crippen LogP contribution in [0.5, 0.6) is 6.01 Å².